The van der Waals surface area contributed by atoms with E-state index in [1.165, 1.54) is 5.56 Å². The van der Waals surface area contributed by atoms with Gasteiger partial charge in [0.15, 0.2) is 0 Å². The molecule has 106 valence electrons. The number of allylic oxidation sites excluding steroid dienone is 6. The van der Waals surface area contributed by atoms with Crippen LogP contribution in [0.2, 0.25) is 0 Å². The molecule has 21 heavy (non-hydrogen) atoms. The van der Waals surface area contributed by atoms with Crippen LogP contribution in [0.4, 0.5) is 0 Å². The highest BCUT2D eigenvalue weighted by Gasteiger charge is 2.15. The second-order valence-corrected chi connectivity index (χ2v) is 5.00. The van der Waals surface area contributed by atoms with Crippen LogP contribution in [0.1, 0.15) is 16.7 Å². The standard InChI is InChI=1S/C20H21N/c1-6-14(4)17-10-9-15(5)19(13-17)20-18(8-3)16(7-2)11-12-21-20/h6-11,13,21H,1-4,12H2,5H3. The first-order chi connectivity index (χ1) is 10.1. The first kappa shape index (κ1) is 14.9. The molecular formula is C20H21N. The van der Waals surface area contributed by atoms with Crippen LogP contribution in [0.5, 0.6) is 0 Å². The Bertz CT molecular complexity index is 684. The number of aryl methyl sites for hydroxylation is 1. The molecular weight excluding hydrogens is 254 g/mol. The third-order valence-corrected chi connectivity index (χ3v) is 3.73. The van der Waals surface area contributed by atoms with E-state index < -0.39 is 0 Å². The lowest BCUT2D eigenvalue weighted by molar-refractivity contribution is 0.974. The lowest BCUT2D eigenvalue weighted by atomic mass is 9.92. The van der Waals surface area contributed by atoms with Gasteiger partial charge >= 0.3 is 0 Å². The maximum Gasteiger partial charge on any atom is 0.0498 e. The van der Waals surface area contributed by atoms with E-state index in [1.54, 1.807) is 6.08 Å². The average Bonchev–Trinajstić information content (AvgIpc) is 2.53. The Hall–Kier alpha value is -2.54. The quantitative estimate of drug-likeness (QED) is 0.761. The fraction of sp³-hybridized carbons (Fsp3) is 0.100. The van der Waals surface area contributed by atoms with Crippen LogP contribution in [-0.2, 0) is 0 Å². The van der Waals surface area contributed by atoms with Crippen LogP contribution in [-0.4, -0.2) is 6.54 Å². The van der Waals surface area contributed by atoms with Crippen molar-refractivity contribution < 1.29 is 0 Å². The van der Waals surface area contributed by atoms with Crippen molar-refractivity contribution in [1.82, 2.24) is 5.32 Å². The van der Waals surface area contributed by atoms with Gasteiger partial charge in [0, 0.05) is 23.4 Å². The summed E-state index contributed by atoms with van der Waals surface area (Å²) in [6, 6.07) is 6.34. The minimum Gasteiger partial charge on any atom is -0.381 e. The summed E-state index contributed by atoms with van der Waals surface area (Å²) in [6.07, 6.45) is 7.65. The van der Waals surface area contributed by atoms with E-state index in [1.807, 2.05) is 12.2 Å². The Morgan fingerprint density at radius 3 is 2.57 bits per heavy atom. The number of rotatable bonds is 5. The zero-order valence-electron chi connectivity index (χ0n) is 12.6. The van der Waals surface area contributed by atoms with Gasteiger partial charge in [0.05, 0.1) is 0 Å². The van der Waals surface area contributed by atoms with Crippen molar-refractivity contribution in [2.75, 3.05) is 6.54 Å². The molecule has 1 aromatic carbocycles. The lowest BCUT2D eigenvalue weighted by Crippen LogP contribution is -2.19. The number of benzene rings is 1. The van der Waals surface area contributed by atoms with Gasteiger partial charge in [0.2, 0.25) is 0 Å². The van der Waals surface area contributed by atoms with Crippen LogP contribution in [0.25, 0.3) is 11.3 Å². The predicted molar refractivity (Wildman–Crippen MR) is 93.8 cm³/mol. The molecule has 0 saturated carbocycles. The molecule has 0 aliphatic carbocycles. The van der Waals surface area contributed by atoms with Gasteiger partial charge in [-0.05, 0) is 35.3 Å². The Labute approximate surface area is 127 Å². The third kappa shape index (κ3) is 2.82. The normalized spacial score (nSPS) is 14.0. The van der Waals surface area contributed by atoms with Crippen molar-refractivity contribution in [2.24, 2.45) is 0 Å². The smallest absolute Gasteiger partial charge is 0.0498 e. The number of dihydropyridines is 1. The van der Waals surface area contributed by atoms with Gasteiger partial charge in [-0.3, -0.25) is 0 Å². The number of nitrogens with one attached hydrogen (secondary N) is 1. The fourth-order valence-corrected chi connectivity index (χ4v) is 2.48. The fourth-order valence-electron chi connectivity index (χ4n) is 2.48. The molecule has 1 heterocycles. The average molecular weight is 275 g/mol. The minimum atomic E-state index is 0.792. The van der Waals surface area contributed by atoms with Gasteiger partial charge in [0.1, 0.15) is 0 Å². The van der Waals surface area contributed by atoms with Gasteiger partial charge < -0.3 is 5.32 Å². The molecule has 0 aromatic heterocycles. The molecule has 1 N–H and O–H groups in total. The molecule has 0 saturated heterocycles. The van der Waals surface area contributed by atoms with Gasteiger partial charge in [-0.25, -0.2) is 0 Å². The molecule has 2 rings (SSSR count). The van der Waals surface area contributed by atoms with Crippen LogP contribution < -0.4 is 5.32 Å². The predicted octanol–water partition coefficient (Wildman–Crippen LogP) is 4.81. The highest BCUT2D eigenvalue weighted by molar-refractivity contribution is 5.81. The van der Waals surface area contributed by atoms with Crippen molar-refractivity contribution in [2.45, 2.75) is 6.92 Å². The molecule has 0 radical (unpaired) electrons. The van der Waals surface area contributed by atoms with Gasteiger partial charge in [0.25, 0.3) is 0 Å². The Morgan fingerprint density at radius 1 is 1.19 bits per heavy atom. The van der Waals surface area contributed by atoms with E-state index in [0.29, 0.717) is 0 Å². The summed E-state index contributed by atoms with van der Waals surface area (Å²) >= 11 is 0. The van der Waals surface area contributed by atoms with Gasteiger partial charge in [-0.1, -0.05) is 62.8 Å². The summed E-state index contributed by atoms with van der Waals surface area (Å²) in [5.41, 5.74) is 7.68. The molecule has 1 aliphatic heterocycles. The first-order valence-corrected chi connectivity index (χ1v) is 6.98. The van der Waals surface area contributed by atoms with E-state index in [0.717, 1.165) is 40.1 Å². The van der Waals surface area contributed by atoms with E-state index in [2.05, 4.69) is 62.8 Å². The van der Waals surface area contributed by atoms with E-state index in [4.69, 9.17) is 0 Å². The molecule has 0 amide bonds. The molecule has 0 atom stereocenters. The zero-order chi connectivity index (χ0) is 15.4. The van der Waals surface area contributed by atoms with Crippen molar-refractivity contribution in [1.29, 1.82) is 0 Å². The molecule has 0 fully saturated rings. The third-order valence-electron chi connectivity index (χ3n) is 3.73. The highest BCUT2D eigenvalue weighted by atomic mass is 14.9. The molecule has 1 nitrogen and oxygen atoms in total. The van der Waals surface area contributed by atoms with Crippen molar-refractivity contribution in [3.8, 4) is 0 Å². The SMILES string of the molecule is C=CC(=C)c1ccc(C)c(C2=C(C=C)C(C=C)=CCN2)c1. The monoisotopic (exact) mass is 275 g/mol. The van der Waals surface area contributed by atoms with Crippen molar-refractivity contribution in [3.05, 3.63) is 96.7 Å². The first-order valence-electron chi connectivity index (χ1n) is 6.98. The van der Waals surface area contributed by atoms with E-state index in [-0.39, 0.29) is 0 Å². The summed E-state index contributed by atoms with van der Waals surface area (Å²) in [4.78, 5) is 0. The van der Waals surface area contributed by atoms with Crippen LogP contribution in [0, 0.1) is 6.92 Å². The number of hydrogen-bond acceptors (Lipinski definition) is 1. The Morgan fingerprint density at radius 2 is 1.95 bits per heavy atom. The highest BCUT2D eigenvalue weighted by Crippen LogP contribution is 2.30. The van der Waals surface area contributed by atoms with E-state index in [9.17, 15) is 0 Å². The summed E-state index contributed by atoms with van der Waals surface area (Å²) < 4.78 is 0. The second-order valence-electron chi connectivity index (χ2n) is 5.00. The van der Waals surface area contributed by atoms with Gasteiger partial charge in [-0.2, -0.15) is 0 Å². The van der Waals surface area contributed by atoms with Crippen LogP contribution in [0.3, 0.4) is 0 Å². The van der Waals surface area contributed by atoms with Crippen molar-refractivity contribution in [3.63, 3.8) is 0 Å². The largest absolute Gasteiger partial charge is 0.381 e. The van der Waals surface area contributed by atoms with E-state index >= 15 is 0 Å². The van der Waals surface area contributed by atoms with Crippen molar-refractivity contribution >= 4 is 11.3 Å². The van der Waals surface area contributed by atoms with Gasteiger partial charge in [-0.15, -0.1) is 0 Å². The molecule has 0 bridgehead atoms. The number of hydrogen-bond donors (Lipinski definition) is 1. The summed E-state index contributed by atoms with van der Waals surface area (Å²) in [6.45, 7) is 18.5. The summed E-state index contributed by atoms with van der Waals surface area (Å²) in [7, 11) is 0. The Kier molecular flexibility index (Phi) is 4.44. The second kappa shape index (κ2) is 6.27. The molecule has 0 spiro atoms. The molecule has 1 aromatic rings. The molecule has 0 unspecified atom stereocenters. The van der Waals surface area contributed by atoms with Crippen LogP contribution >= 0.6 is 0 Å². The lowest BCUT2D eigenvalue weighted by Gasteiger charge is -2.22. The zero-order valence-corrected chi connectivity index (χ0v) is 12.6. The minimum absolute atomic E-state index is 0.792. The topological polar surface area (TPSA) is 12.0 Å². The maximum atomic E-state index is 4.03. The Balaban J connectivity index is 2.64. The van der Waals surface area contributed by atoms with Crippen LogP contribution in [0.15, 0.2) is 80.0 Å². The molecule has 1 heteroatoms. The molecule has 1 aliphatic rings. The maximum absolute atomic E-state index is 4.03. The summed E-state index contributed by atoms with van der Waals surface area (Å²) in [5.74, 6) is 0. The summed E-state index contributed by atoms with van der Waals surface area (Å²) in [5, 5.41) is 3.45.